The van der Waals surface area contributed by atoms with Gasteiger partial charge in [0.2, 0.25) is 0 Å². The van der Waals surface area contributed by atoms with Gasteiger partial charge in [-0.25, -0.2) is 0 Å². The summed E-state index contributed by atoms with van der Waals surface area (Å²) in [5, 5.41) is 9.91. The van der Waals surface area contributed by atoms with Crippen LogP contribution >= 0.6 is 0 Å². The van der Waals surface area contributed by atoms with Crippen LogP contribution in [0.25, 0.3) is 0 Å². The third kappa shape index (κ3) is 3.22. The van der Waals surface area contributed by atoms with Crippen molar-refractivity contribution in [3.05, 3.63) is 35.9 Å². The highest BCUT2D eigenvalue weighted by molar-refractivity contribution is 5.23. The number of hydrogen-bond donors (Lipinski definition) is 1. The Kier molecular flexibility index (Phi) is 4.57. The van der Waals surface area contributed by atoms with Crippen molar-refractivity contribution in [1.29, 1.82) is 0 Å². The van der Waals surface area contributed by atoms with E-state index in [1.54, 1.807) is 0 Å². The van der Waals surface area contributed by atoms with Crippen molar-refractivity contribution in [3.63, 3.8) is 0 Å². The summed E-state index contributed by atoms with van der Waals surface area (Å²) < 4.78 is 38.9. The van der Waals surface area contributed by atoms with Crippen LogP contribution in [0, 0.1) is 6.07 Å². The predicted molar refractivity (Wildman–Crippen MR) is 59.4 cm³/mol. The zero-order chi connectivity index (χ0) is 12.9. The summed E-state index contributed by atoms with van der Waals surface area (Å²) in [6.07, 6.45) is -3.10. The first kappa shape index (κ1) is 14.0. The van der Waals surface area contributed by atoms with Gasteiger partial charge in [0, 0.05) is 0 Å². The first-order valence-corrected chi connectivity index (χ1v) is 5.67. The van der Waals surface area contributed by atoms with Gasteiger partial charge in [0.1, 0.15) is 0 Å². The average molecular weight is 245 g/mol. The van der Waals surface area contributed by atoms with Crippen molar-refractivity contribution >= 4 is 0 Å². The van der Waals surface area contributed by atoms with Gasteiger partial charge in [0.15, 0.2) is 5.60 Å². The van der Waals surface area contributed by atoms with Crippen molar-refractivity contribution < 1.29 is 18.3 Å². The summed E-state index contributed by atoms with van der Waals surface area (Å²) >= 11 is 0. The molecule has 1 atom stereocenters. The van der Waals surface area contributed by atoms with Crippen LogP contribution in [0.3, 0.4) is 0 Å². The normalized spacial score (nSPS) is 15.6. The predicted octanol–water partition coefficient (Wildman–Crippen LogP) is 3.82. The number of benzene rings is 1. The molecule has 0 bridgehead atoms. The van der Waals surface area contributed by atoms with Gasteiger partial charge in [-0.3, -0.25) is 0 Å². The van der Waals surface area contributed by atoms with Gasteiger partial charge in [0.25, 0.3) is 0 Å². The summed E-state index contributed by atoms with van der Waals surface area (Å²) in [6.45, 7) is 1.91. The molecule has 1 unspecified atom stereocenters. The molecule has 0 aromatic heterocycles. The molecule has 17 heavy (non-hydrogen) atoms. The highest BCUT2D eigenvalue weighted by Gasteiger charge is 2.54. The van der Waals surface area contributed by atoms with E-state index in [4.69, 9.17) is 0 Å². The molecule has 0 aliphatic heterocycles. The second kappa shape index (κ2) is 5.54. The number of rotatable bonds is 5. The third-order valence-electron chi connectivity index (χ3n) is 2.81. The van der Waals surface area contributed by atoms with Crippen LogP contribution < -0.4 is 0 Å². The lowest BCUT2D eigenvalue weighted by Gasteiger charge is -2.31. The van der Waals surface area contributed by atoms with Gasteiger partial charge in [-0.1, -0.05) is 44.0 Å². The molecule has 1 rings (SSSR count). The lowest BCUT2D eigenvalue weighted by atomic mass is 9.87. The number of halogens is 3. The summed E-state index contributed by atoms with van der Waals surface area (Å²) in [5.41, 5.74) is -2.85. The van der Waals surface area contributed by atoms with Crippen LogP contribution in [-0.4, -0.2) is 11.3 Å². The molecule has 1 N–H and O–H groups in total. The van der Waals surface area contributed by atoms with E-state index in [-0.39, 0.29) is 12.0 Å². The Morgan fingerprint density at radius 1 is 1.18 bits per heavy atom. The largest absolute Gasteiger partial charge is 0.421 e. The number of hydrogen-bond acceptors (Lipinski definition) is 1. The lowest BCUT2D eigenvalue weighted by molar-refractivity contribution is -0.269. The molecule has 0 aliphatic carbocycles. The molecule has 0 heterocycles. The molecule has 1 aromatic carbocycles. The van der Waals surface area contributed by atoms with Gasteiger partial charge >= 0.3 is 6.18 Å². The van der Waals surface area contributed by atoms with E-state index < -0.39 is 11.8 Å². The maximum atomic E-state index is 13.0. The van der Waals surface area contributed by atoms with Crippen LogP contribution in [0.5, 0.6) is 0 Å². The molecule has 95 valence electrons. The molecule has 0 fully saturated rings. The van der Waals surface area contributed by atoms with E-state index in [1.807, 2.05) is 6.92 Å². The fraction of sp³-hybridized carbons (Fsp3) is 0.538. The van der Waals surface area contributed by atoms with Gasteiger partial charge in [-0.05, 0) is 24.5 Å². The molecule has 1 radical (unpaired) electrons. The molecule has 0 saturated heterocycles. The van der Waals surface area contributed by atoms with Gasteiger partial charge in [-0.2, -0.15) is 13.2 Å². The minimum atomic E-state index is -4.65. The minimum Gasteiger partial charge on any atom is -0.376 e. The number of aliphatic hydroxyl groups is 1. The van der Waals surface area contributed by atoms with E-state index in [0.717, 1.165) is 6.42 Å². The van der Waals surface area contributed by atoms with Crippen molar-refractivity contribution in [2.45, 2.75) is 44.4 Å². The van der Waals surface area contributed by atoms with Crippen LogP contribution in [0.15, 0.2) is 24.3 Å². The zero-order valence-corrected chi connectivity index (χ0v) is 9.72. The van der Waals surface area contributed by atoms with Crippen LogP contribution in [-0.2, 0) is 5.60 Å². The van der Waals surface area contributed by atoms with Crippen LogP contribution in [0.1, 0.15) is 38.2 Å². The summed E-state index contributed by atoms with van der Waals surface area (Å²) in [7, 11) is 0. The van der Waals surface area contributed by atoms with Crippen molar-refractivity contribution in [3.8, 4) is 0 Å². The molecular weight excluding hydrogens is 229 g/mol. The summed E-state index contributed by atoms with van der Waals surface area (Å²) in [6, 6.07) is 7.93. The van der Waals surface area contributed by atoms with Crippen LogP contribution in [0.2, 0.25) is 0 Å². The zero-order valence-electron chi connectivity index (χ0n) is 9.72. The fourth-order valence-corrected chi connectivity index (χ4v) is 1.74. The Hall–Kier alpha value is -1.03. The number of unbranched alkanes of at least 4 members (excludes halogenated alkanes) is 2. The van der Waals surface area contributed by atoms with E-state index in [1.165, 1.54) is 24.3 Å². The summed E-state index contributed by atoms with van der Waals surface area (Å²) in [4.78, 5) is 0. The maximum absolute atomic E-state index is 13.0. The Morgan fingerprint density at radius 3 is 2.24 bits per heavy atom. The molecule has 0 amide bonds. The molecule has 0 aliphatic rings. The van der Waals surface area contributed by atoms with Crippen molar-refractivity contribution in [2.75, 3.05) is 0 Å². The standard InChI is InChI=1S/C13H16F3O/c1-2-3-7-10-12(17,13(14,15)16)11-8-5-4-6-9-11/h5-6,8-9,17H,2-3,7,10H2,1H3. The van der Waals surface area contributed by atoms with Gasteiger partial charge in [-0.15, -0.1) is 0 Å². The molecule has 1 aromatic rings. The van der Waals surface area contributed by atoms with Gasteiger partial charge < -0.3 is 5.11 Å². The SMILES string of the molecule is CCCCCC(O)(c1cc[c]cc1)C(F)(F)F. The third-order valence-corrected chi connectivity index (χ3v) is 2.81. The first-order chi connectivity index (χ1) is 7.92. The number of alkyl halides is 3. The van der Waals surface area contributed by atoms with Crippen molar-refractivity contribution in [2.24, 2.45) is 0 Å². The fourth-order valence-electron chi connectivity index (χ4n) is 1.74. The Bertz CT molecular complexity index is 334. The topological polar surface area (TPSA) is 20.2 Å². The smallest absolute Gasteiger partial charge is 0.376 e. The lowest BCUT2D eigenvalue weighted by Crippen LogP contribution is -2.42. The van der Waals surface area contributed by atoms with E-state index in [0.29, 0.717) is 12.8 Å². The van der Waals surface area contributed by atoms with E-state index in [2.05, 4.69) is 6.07 Å². The maximum Gasteiger partial charge on any atom is 0.421 e. The van der Waals surface area contributed by atoms with Crippen molar-refractivity contribution in [1.82, 2.24) is 0 Å². The highest BCUT2D eigenvalue weighted by atomic mass is 19.4. The second-order valence-corrected chi connectivity index (χ2v) is 4.10. The summed E-state index contributed by atoms with van der Waals surface area (Å²) in [5.74, 6) is 0. The van der Waals surface area contributed by atoms with Gasteiger partial charge in [0.05, 0.1) is 0 Å². The monoisotopic (exact) mass is 245 g/mol. The molecular formula is C13H16F3O. The molecule has 1 nitrogen and oxygen atoms in total. The molecule has 0 saturated carbocycles. The first-order valence-electron chi connectivity index (χ1n) is 5.67. The van der Waals surface area contributed by atoms with Crippen LogP contribution in [0.4, 0.5) is 13.2 Å². The Balaban J connectivity index is 2.95. The van der Waals surface area contributed by atoms with E-state index >= 15 is 0 Å². The Morgan fingerprint density at radius 2 is 1.76 bits per heavy atom. The highest BCUT2D eigenvalue weighted by Crippen LogP contribution is 2.42. The second-order valence-electron chi connectivity index (χ2n) is 4.10. The Labute approximate surface area is 99.3 Å². The van der Waals surface area contributed by atoms with E-state index in [9.17, 15) is 18.3 Å². The minimum absolute atomic E-state index is 0.111. The molecule has 4 heteroatoms. The average Bonchev–Trinajstić information content (AvgIpc) is 2.29. The molecule has 0 spiro atoms. The quantitative estimate of drug-likeness (QED) is 0.782.